The normalized spacial score (nSPS) is 10.6. The molecule has 0 aliphatic heterocycles. The third-order valence-corrected chi connectivity index (χ3v) is 2.59. The van der Waals surface area contributed by atoms with Crippen LogP contribution in [0.2, 0.25) is 0 Å². The number of nitrogens with one attached hydrogen (secondary N) is 1. The molecule has 1 heterocycles. The highest BCUT2D eigenvalue weighted by Gasteiger charge is 2.06. The summed E-state index contributed by atoms with van der Waals surface area (Å²) in [4.78, 5) is 15.9. The minimum atomic E-state index is -0.362. The van der Waals surface area contributed by atoms with Gasteiger partial charge in [-0.05, 0) is 42.8 Å². The third kappa shape index (κ3) is 4.42. The standard InChI is InChI=1S/C16H15FN2O2/c1-2-21-14-7-4-10-18-16(14)19-15(20)9-8-12-5-3-6-13(17)11-12/h3-11H,2H2,1H3,(H,18,19,20)/b9-8+. The van der Waals surface area contributed by atoms with Crippen LogP contribution in [0.3, 0.4) is 0 Å². The van der Waals surface area contributed by atoms with E-state index in [1.807, 2.05) is 6.92 Å². The molecule has 0 spiro atoms. The van der Waals surface area contributed by atoms with Crippen LogP contribution in [0.15, 0.2) is 48.7 Å². The van der Waals surface area contributed by atoms with Crippen molar-refractivity contribution in [3.05, 3.63) is 60.1 Å². The van der Waals surface area contributed by atoms with Crippen molar-refractivity contribution < 1.29 is 13.9 Å². The fourth-order valence-electron chi connectivity index (χ4n) is 1.70. The van der Waals surface area contributed by atoms with Crippen LogP contribution in [-0.2, 0) is 4.79 Å². The Morgan fingerprint density at radius 2 is 2.24 bits per heavy atom. The Bertz CT molecular complexity index is 656. The first-order valence-corrected chi connectivity index (χ1v) is 6.51. The van der Waals surface area contributed by atoms with Gasteiger partial charge in [0.25, 0.3) is 0 Å². The van der Waals surface area contributed by atoms with E-state index in [1.54, 1.807) is 30.5 Å². The molecule has 1 N–H and O–H groups in total. The van der Waals surface area contributed by atoms with Crippen LogP contribution in [0, 0.1) is 5.82 Å². The minimum absolute atomic E-state index is 0.346. The monoisotopic (exact) mass is 286 g/mol. The largest absolute Gasteiger partial charge is 0.490 e. The molecule has 2 rings (SSSR count). The van der Waals surface area contributed by atoms with Crippen molar-refractivity contribution >= 4 is 17.8 Å². The molecule has 1 aromatic heterocycles. The molecule has 0 saturated heterocycles. The summed E-state index contributed by atoms with van der Waals surface area (Å²) in [5.74, 6) is 0.153. The van der Waals surface area contributed by atoms with Crippen molar-refractivity contribution in [1.82, 2.24) is 4.98 Å². The van der Waals surface area contributed by atoms with Crippen molar-refractivity contribution in [2.75, 3.05) is 11.9 Å². The number of halogens is 1. The summed E-state index contributed by atoms with van der Waals surface area (Å²) in [5, 5.41) is 2.62. The number of aromatic nitrogens is 1. The first kappa shape index (κ1) is 14.7. The predicted molar refractivity (Wildman–Crippen MR) is 79.5 cm³/mol. The fraction of sp³-hybridized carbons (Fsp3) is 0.125. The Hall–Kier alpha value is -2.69. The molecule has 0 atom stereocenters. The summed E-state index contributed by atoms with van der Waals surface area (Å²) in [6.07, 6.45) is 4.41. The topological polar surface area (TPSA) is 51.2 Å². The molecule has 0 bridgehead atoms. The molecule has 4 nitrogen and oxygen atoms in total. The van der Waals surface area contributed by atoms with Gasteiger partial charge in [-0.2, -0.15) is 0 Å². The van der Waals surface area contributed by atoms with Gasteiger partial charge in [-0.15, -0.1) is 0 Å². The van der Waals surface area contributed by atoms with E-state index in [0.717, 1.165) is 0 Å². The molecule has 0 unspecified atom stereocenters. The van der Waals surface area contributed by atoms with Crippen molar-refractivity contribution in [2.45, 2.75) is 6.92 Å². The number of anilines is 1. The predicted octanol–water partition coefficient (Wildman–Crippen LogP) is 3.27. The Morgan fingerprint density at radius 1 is 1.38 bits per heavy atom. The SMILES string of the molecule is CCOc1cccnc1NC(=O)/C=C/c1cccc(F)c1. The number of benzene rings is 1. The third-order valence-electron chi connectivity index (χ3n) is 2.59. The Labute approximate surface area is 122 Å². The van der Waals surface area contributed by atoms with E-state index in [2.05, 4.69) is 10.3 Å². The first-order valence-electron chi connectivity index (χ1n) is 6.51. The Balaban J connectivity index is 2.05. The van der Waals surface area contributed by atoms with Gasteiger partial charge in [0.2, 0.25) is 5.91 Å². The number of ether oxygens (including phenoxy) is 1. The summed E-state index contributed by atoms with van der Waals surface area (Å²) in [7, 11) is 0. The molecule has 0 aliphatic rings. The maximum atomic E-state index is 13.0. The van der Waals surface area contributed by atoms with E-state index in [4.69, 9.17) is 4.74 Å². The van der Waals surface area contributed by atoms with E-state index in [0.29, 0.717) is 23.7 Å². The first-order chi connectivity index (χ1) is 10.2. The van der Waals surface area contributed by atoms with Gasteiger partial charge in [-0.25, -0.2) is 9.37 Å². The van der Waals surface area contributed by atoms with Crippen LogP contribution in [-0.4, -0.2) is 17.5 Å². The molecule has 1 amide bonds. The van der Waals surface area contributed by atoms with Crippen LogP contribution in [0.5, 0.6) is 5.75 Å². The minimum Gasteiger partial charge on any atom is -0.490 e. The lowest BCUT2D eigenvalue weighted by Gasteiger charge is -2.08. The molecule has 0 fully saturated rings. The number of carbonyl (C=O) groups excluding carboxylic acids is 1. The number of pyridine rings is 1. The van der Waals surface area contributed by atoms with E-state index < -0.39 is 0 Å². The average molecular weight is 286 g/mol. The average Bonchev–Trinajstić information content (AvgIpc) is 2.48. The van der Waals surface area contributed by atoms with E-state index in [-0.39, 0.29) is 11.7 Å². The van der Waals surface area contributed by atoms with Crippen LogP contribution in [0.4, 0.5) is 10.2 Å². The molecule has 2 aromatic rings. The number of hydrogen-bond donors (Lipinski definition) is 1. The second-order valence-electron chi connectivity index (χ2n) is 4.16. The summed E-state index contributed by atoms with van der Waals surface area (Å²) < 4.78 is 18.4. The van der Waals surface area contributed by atoms with Crippen LogP contribution in [0.25, 0.3) is 6.08 Å². The van der Waals surface area contributed by atoms with Crippen LogP contribution in [0.1, 0.15) is 12.5 Å². The van der Waals surface area contributed by atoms with Crippen LogP contribution < -0.4 is 10.1 Å². The zero-order chi connectivity index (χ0) is 15.1. The number of nitrogens with zero attached hydrogens (tertiary/aromatic N) is 1. The molecule has 5 heteroatoms. The molecular formula is C16H15FN2O2. The van der Waals surface area contributed by atoms with Gasteiger partial charge in [-0.1, -0.05) is 12.1 Å². The second kappa shape index (κ2) is 7.19. The Kier molecular flexibility index (Phi) is 5.04. The smallest absolute Gasteiger partial charge is 0.249 e. The van der Waals surface area contributed by atoms with Crippen molar-refractivity contribution in [3.63, 3.8) is 0 Å². The summed E-state index contributed by atoms with van der Waals surface area (Å²) in [6.45, 7) is 2.33. The van der Waals surface area contributed by atoms with Crippen molar-refractivity contribution in [1.29, 1.82) is 0 Å². The molecule has 1 aromatic carbocycles. The fourth-order valence-corrected chi connectivity index (χ4v) is 1.70. The van der Waals surface area contributed by atoms with E-state index in [9.17, 15) is 9.18 Å². The summed E-state index contributed by atoms with van der Waals surface area (Å²) >= 11 is 0. The van der Waals surface area contributed by atoms with E-state index >= 15 is 0 Å². The quantitative estimate of drug-likeness (QED) is 0.858. The maximum absolute atomic E-state index is 13.0. The van der Waals surface area contributed by atoms with Crippen LogP contribution >= 0.6 is 0 Å². The second-order valence-corrected chi connectivity index (χ2v) is 4.16. The highest BCUT2D eigenvalue weighted by atomic mass is 19.1. The molecule has 21 heavy (non-hydrogen) atoms. The molecule has 0 aliphatic carbocycles. The summed E-state index contributed by atoms with van der Waals surface area (Å²) in [5.41, 5.74) is 0.608. The highest BCUT2D eigenvalue weighted by Crippen LogP contribution is 2.20. The van der Waals surface area contributed by atoms with E-state index in [1.165, 1.54) is 24.3 Å². The van der Waals surface area contributed by atoms with Gasteiger partial charge in [0.05, 0.1) is 6.61 Å². The number of amides is 1. The zero-order valence-electron chi connectivity index (χ0n) is 11.5. The molecular weight excluding hydrogens is 271 g/mol. The lowest BCUT2D eigenvalue weighted by molar-refractivity contribution is -0.111. The molecule has 0 saturated carbocycles. The number of hydrogen-bond acceptors (Lipinski definition) is 3. The van der Waals surface area contributed by atoms with Gasteiger partial charge >= 0.3 is 0 Å². The van der Waals surface area contributed by atoms with Gasteiger partial charge in [-0.3, -0.25) is 4.79 Å². The molecule has 0 radical (unpaired) electrons. The van der Waals surface area contributed by atoms with Gasteiger partial charge < -0.3 is 10.1 Å². The van der Waals surface area contributed by atoms with Crippen molar-refractivity contribution in [3.8, 4) is 5.75 Å². The lowest BCUT2D eigenvalue weighted by atomic mass is 10.2. The number of rotatable bonds is 5. The maximum Gasteiger partial charge on any atom is 0.249 e. The number of carbonyl (C=O) groups is 1. The van der Waals surface area contributed by atoms with Crippen molar-refractivity contribution in [2.24, 2.45) is 0 Å². The van der Waals surface area contributed by atoms with Gasteiger partial charge in [0.1, 0.15) is 5.82 Å². The Morgan fingerprint density at radius 3 is 3.00 bits per heavy atom. The summed E-state index contributed by atoms with van der Waals surface area (Å²) in [6, 6.07) is 9.43. The highest BCUT2D eigenvalue weighted by molar-refractivity contribution is 6.02. The lowest BCUT2D eigenvalue weighted by Crippen LogP contribution is -2.10. The molecule has 108 valence electrons. The van der Waals surface area contributed by atoms with Gasteiger partial charge in [0.15, 0.2) is 11.6 Å². The van der Waals surface area contributed by atoms with Gasteiger partial charge in [0, 0.05) is 12.3 Å². The zero-order valence-corrected chi connectivity index (χ0v) is 11.5.